The second-order valence-electron chi connectivity index (χ2n) is 5.01. The molecule has 0 atom stereocenters. The van der Waals surface area contributed by atoms with Crippen molar-refractivity contribution in [3.05, 3.63) is 29.1 Å². The average molecular weight is 309 g/mol. The summed E-state index contributed by atoms with van der Waals surface area (Å²) in [5.74, 6) is 0.936. The van der Waals surface area contributed by atoms with Crippen LogP contribution in [0.1, 0.15) is 5.56 Å². The third-order valence-corrected chi connectivity index (χ3v) is 4.35. The summed E-state index contributed by atoms with van der Waals surface area (Å²) < 4.78 is 12.4. The molecule has 0 fully saturated rings. The standard InChI is InChI=1S/C16H23NO3S/c1-17(5-7-18)6-9-20-8-3-13-11-14-4-10-21-16(14)12-15(13)19-2/h4,10-12,18H,3,5-9H2,1-2H3. The number of aliphatic hydroxyl groups excluding tert-OH is 1. The van der Waals surface area contributed by atoms with E-state index in [0.29, 0.717) is 19.8 Å². The second-order valence-corrected chi connectivity index (χ2v) is 5.96. The third-order valence-electron chi connectivity index (χ3n) is 3.47. The maximum atomic E-state index is 8.82. The highest BCUT2D eigenvalue weighted by Crippen LogP contribution is 2.29. The van der Waals surface area contributed by atoms with Crippen LogP contribution in [0.15, 0.2) is 23.6 Å². The Kier molecular flexibility index (Phi) is 6.45. The van der Waals surface area contributed by atoms with Gasteiger partial charge in [0.1, 0.15) is 5.75 Å². The molecule has 0 amide bonds. The lowest BCUT2D eigenvalue weighted by Gasteiger charge is -2.15. The van der Waals surface area contributed by atoms with Gasteiger partial charge in [0.2, 0.25) is 0 Å². The summed E-state index contributed by atoms with van der Waals surface area (Å²) in [5, 5.41) is 12.2. The van der Waals surface area contributed by atoms with Crippen LogP contribution < -0.4 is 4.74 Å². The molecule has 2 aromatic rings. The van der Waals surface area contributed by atoms with E-state index in [1.807, 2.05) is 7.05 Å². The number of methoxy groups -OCH3 is 1. The molecule has 21 heavy (non-hydrogen) atoms. The Balaban J connectivity index is 1.82. The molecule has 0 spiro atoms. The molecule has 116 valence electrons. The lowest BCUT2D eigenvalue weighted by Crippen LogP contribution is -2.26. The van der Waals surface area contributed by atoms with Gasteiger partial charge in [0.25, 0.3) is 0 Å². The van der Waals surface area contributed by atoms with E-state index in [4.69, 9.17) is 14.6 Å². The Hall–Kier alpha value is -1.14. The van der Waals surface area contributed by atoms with E-state index in [-0.39, 0.29) is 6.61 Å². The summed E-state index contributed by atoms with van der Waals surface area (Å²) in [6.07, 6.45) is 0.846. The molecular formula is C16H23NO3S. The third kappa shape index (κ3) is 4.68. The number of aliphatic hydroxyl groups is 1. The fourth-order valence-electron chi connectivity index (χ4n) is 2.21. The highest BCUT2D eigenvalue weighted by molar-refractivity contribution is 7.17. The van der Waals surface area contributed by atoms with E-state index in [1.165, 1.54) is 15.6 Å². The molecule has 0 aliphatic carbocycles. The first-order chi connectivity index (χ1) is 10.2. The molecule has 0 bridgehead atoms. The second kappa shape index (κ2) is 8.34. The van der Waals surface area contributed by atoms with Crippen LogP contribution in [0.4, 0.5) is 0 Å². The lowest BCUT2D eigenvalue weighted by molar-refractivity contribution is 0.107. The molecular weight excluding hydrogens is 286 g/mol. The van der Waals surface area contributed by atoms with Gasteiger partial charge in [-0.3, -0.25) is 0 Å². The van der Waals surface area contributed by atoms with Crippen molar-refractivity contribution in [2.24, 2.45) is 0 Å². The predicted octanol–water partition coefficient (Wildman–Crippen LogP) is 2.39. The van der Waals surface area contributed by atoms with Crippen LogP contribution in [-0.4, -0.2) is 57.1 Å². The SMILES string of the molecule is COc1cc2sccc2cc1CCOCCN(C)CCO. The molecule has 1 N–H and O–H groups in total. The van der Waals surface area contributed by atoms with Crippen LogP contribution >= 0.6 is 11.3 Å². The summed E-state index contributed by atoms with van der Waals surface area (Å²) in [6.45, 7) is 3.07. The Morgan fingerprint density at radius 1 is 1.24 bits per heavy atom. The Bertz CT molecular complexity index is 555. The van der Waals surface area contributed by atoms with E-state index in [2.05, 4.69) is 28.5 Å². The van der Waals surface area contributed by atoms with E-state index in [0.717, 1.165) is 18.7 Å². The minimum Gasteiger partial charge on any atom is -0.496 e. The Labute approximate surface area is 129 Å². The van der Waals surface area contributed by atoms with Crippen LogP contribution in [0.3, 0.4) is 0 Å². The average Bonchev–Trinajstić information content (AvgIpc) is 2.93. The predicted molar refractivity (Wildman–Crippen MR) is 87.5 cm³/mol. The number of fused-ring (bicyclic) bond motifs is 1. The number of hydrogen-bond acceptors (Lipinski definition) is 5. The van der Waals surface area contributed by atoms with Crippen LogP contribution in [0.5, 0.6) is 5.75 Å². The number of hydrogen-bond donors (Lipinski definition) is 1. The first kappa shape index (κ1) is 16.2. The topological polar surface area (TPSA) is 41.9 Å². The molecule has 0 saturated heterocycles. The van der Waals surface area contributed by atoms with Crippen molar-refractivity contribution in [2.45, 2.75) is 6.42 Å². The summed E-state index contributed by atoms with van der Waals surface area (Å²) in [5.41, 5.74) is 1.19. The Morgan fingerprint density at radius 2 is 2.10 bits per heavy atom. The number of nitrogens with zero attached hydrogens (tertiary/aromatic N) is 1. The van der Waals surface area contributed by atoms with Gasteiger partial charge in [-0.1, -0.05) is 0 Å². The van der Waals surface area contributed by atoms with Crippen molar-refractivity contribution in [2.75, 3.05) is 47.1 Å². The van der Waals surface area contributed by atoms with Crippen LogP contribution in [0.25, 0.3) is 10.1 Å². The molecule has 1 aromatic carbocycles. The highest BCUT2D eigenvalue weighted by Gasteiger charge is 2.06. The van der Waals surface area contributed by atoms with Crippen LogP contribution in [-0.2, 0) is 11.2 Å². The molecule has 0 saturated carbocycles. The number of likely N-dealkylation sites (N-methyl/N-ethyl adjacent to an activating group) is 1. The van der Waals surface area contributed by atoms with E-state index in [9.17, 15) is 0 Å². The molecule has 0 aliphatic rings. The fraction of sp³-hybridized carbons (Fsp3) is 0.500. The fourth-order valence-corrected chi connectivity index (χ4v) is 3.01. The van der Waals surface area contributed by atoms with Crippen molar-refractivity contribution in [3.63, 3.8) is 0 Å². The maximum absolute atomic E-state index is 8.82. The van der Waals surface area contributed by atoms with Crippen LogP contribution in [0.2, 0.25) is 0 Å². The first-order valence-corrected chi connectivity index (χ1v) is 8.04. The van der Waals surface area contributed by atoms with Crippen molar-refractivity contribution >= 4 is 21.4 Å². The van der Waals surface area contributed by atoms with Gasteiger partial charge >= 0.3 is 0 Å². The summed E-state index contributed by atoms with van der Waals surface area (Å²) >= 11 is 1.73. The van der Waals surface area contributed by atoms with E-state index in [1.54, 1.807) is 18.4 Å². The molecule has 0 aliphatic heterocycles. The van der Waals surface area contributed by atoms with Crippen LogP contribution in [0, 0.1) is 0 Å². The molecule has 2 rings (SSSR count). The minimum atomic E-state index is 0.189. The number of rotatable bonds is 9. The zero-order chi connectivity index (χ0) is 15.1. The van der Waals surface area contributed by atoms with Gasteiger partial charge in [0, 0.05) is 17.8 Å². The van der Waals surface area contributed by atoms with Crippen molar-refractivity contribution in [1.29, 1.82) is 0 Å². The monoisotopic (exact) mass is 309 g/mol. The molecule has 5 heteroatoms. The molecule has 1 heterocycles. The van der Waals surface area contributed by atoms with Gasteiger partial charge in [-0.2, -0.15) is 0 Å². The first-order valence-electron chi connectivity index (χ1n) is 7.16. The smallest absolute Gasteiger partial charge is 0.123 e. The number of ether oxygens (including phenoxy) is 2. The van der Waals surface area contributed by atoms with Crippen molar-refractivity contribution < 1.29 is 14.6 Å². The number of thiophene rings is 1. The van der Waals surface area contributed by atoms with Gasteiger partial charge in [0.05, 0.1) is 26.9 Å². The molecule has 1 aromatic heterocycles. The lowest BCUT2D eigenvalue weighted by atomic mass is 10.1. The maximum Gasteiger partial charge on any atom is 0.123 e. The van der Waals surface area contributed by atoms with Crippen molar-refractivity contribution in [3.8, 4) is 5.75 Å². The highest BCUT2D eigenvalue weighted by atomic mass is 32.1. The summed E-state index contributed by atoms with van der Waals surface area (Å²) in [7, 11) is 3.69. The summed E-state index contributed by atoms with van der Waals surface area (Å²) in [4.78, 5) is 2.05. The molecule has 4 nitrogen and oxygen atoms in total. The van der Waals surface area contributed by atoms with Gasteiger partial charge in [0.15, 0.2) is 0 Å². The molecule has 0 unspecified atom stereocenters. The Morgan fingerprint density at radius 3 is 2.86 bits per heavy atom. The van der Waals surface area contributed by atoms with E-state index < -0.39 is 0 Å². The number of benzene rings is 1. The van der Waals surface area contributed by atoms with Gasteiger partial charge in [-0.25, -0.2) is 0 Å². The van der Waals surface area contributed by atoms with E-state index >= 15 is 0 Å². The zero-order valence-corrected chi connectivity index (χ0v) is 13.5. The summed E-state index contributed by atoms with van der Waals surface area (Å²) in [6, 6.07) is 6.42. The normalized spacial score (nSPS) is 11.4. The zero-order valence-electron chi connectivity index (χ0n) is 12.7. The largest absolute Gasteiger partial charge is 0.496 e. The molecule has 0 radical (unpaired) electrons. The van der Waals surface area contributed by atoms with Gasteiger partial charge in [-0.05, 0) is 48.0 Å². The quantitative estimate of drug-likeness (QED) is 0.722. The van der Waals surface area contributed by atoms with Gasteiger partial charge < -0.3 is 19.5 Å². The minimum absolute atomic E-state index is 0.189. The van der Waals surface area contributed by atoms with Crippen molar-refractivity contribution in [1.82, 2.24) is 4.90 Å². The van der Waals surface area contributed by atoms with Gasteiger partial charge in [-0.15, -0.1) is 11.3 Å².